The van der Waals surface area contributed by atoms with E-state index in [0.717, 1.165) is 26.1 Å². The normalized spacial score (nSPS) is 29.3. The van der Waals surface area contributed by atoms with E-state index in [4.69, 9.17) is 5.11 Å². The highest BCUT2D eigenvalue weighted by Gasteiger charge is 2.25. The number of likely N-dealkylation sites (N-methyl/N-ethyl adjacent to an activating group) is 1. The van der Waals surface area contributed by atoms with E-state index < -0.39 is 5.97 Å². The molecule has 1 heterocycles. The second-order valence-corrected chi connectivity index (χ2v) is 4.62. The van der Waals surface area contributed by atoms with Crippen LogP contribution in [0.3, 0.4) is 0 Å². The van der Waals surface area contributed by atoms with Crippen molar-refractivity contribution < 1.29 is 9.90 Å². The smallest absolute Gasteiger partial charge is 0.303 e. The third kappa shape index (κ3) is 3.80. The van der Waals surface area contributed by atoms with Crippen LogP contribution in [0.4, 0.5) is 0 Å². The fourth-order valence-corrected chi connectivity index (χ4v) is 2.15. The summed E-state index contributed by atoms with van der Waals surface area (Å²) in [6.45, 7) is 7.47. The lowest BCUT2D eigenvalue weighted by Crippen LogP contribution is -2.54. The van der Waals surface area contributed by atoms with Crippen molar-refractivity contribution in [3.8, 4) is 0 Å². The minimum Gasteiger partial charge on any atom is -0.481 e. The third-order valence-electron chi connectivity index (χ3n) is 3.30. The first-order valence-electron chi connectivity index (χ1n) is 5.66. The molecule has 1 N–H and O–H groups in total. The molecule has 0 aromatic rings. The Morgan fingerprint density at radius 3 is 2.33 bits per heavy atom. The topological polar surface area (TPSA) is 43.8 Å². The minimum atomic E-state index is -0.690. The van der Waals surface area contributed by atoms with Crippen LogP contribution >= 0.6 is 0 Å². The number of carbonyl (C=O) groups is 1. The van der Waals surface area contributed by atoms with Crippen molar-refractivity contribution in [3.05, 3.63) is 0 Å². The summed E-state index contributed by atoms with van der Waals surface area (Å²) in [4.78, 5) is 15.2. The molecule has 1 rings (SSSR count). The maximum Gasteiger partial charge on any atom is 0.303 e. The predicted octanol–water partition coefficient (Wildman–Crippen LogP) is 0.876. The zero-order valence-electron chi connectivity index (χ0n) is 9.94. The average molecular weight is 214 g/mol. The molecule has 1 aliphatic rings. The Bertz CT molecular complexity index is 209. The summed E-state index contributed by atoms with van der Waals surface area (Å²) >= 11 is 0. The molecule has 0 aliphatic carbocycles. The number of carboxylic acid groups (broad SMARTS) is 1. The molecule has 0 aromatic heterocycles. The SMILES string of the molecule is CC1CN(CCCC(=O)O)CC(C)N1C. The monoisotopic (exact) mass is 214 g/mol. The van der Waals surface area contributed by atoms with Crippen LogP contribution in [0.15, 0.2) is 0 Å². The Kier molecular flexibility index (Phi) is 4.54. The highest BCUT2D eigenvalue weighted by atomic mass is 16.4. The van der Waals surface area contributed by atoms with Gasteiger partial charge in [-0.3, -0.25) is 9.69 Å². The molecule has 0 spiro atoms. The number of hydrogen-bond acceptors (Lipinski definition) is 3. The van der Waals surface area contributed by atoms with Crippen molar-refractivity contribution >= 4 is 5.97 Å². The van der Waals surface area contributed by atoms with E-state index in [1.807, 2.05) is 0 Å². The van der Waals surface area contributed by atoms with Gasteiger partial charge in [-0.2, -0.15) is 0 Å². The summed E-state index contributed by atoms with van der Waals surface area (Å²) < 4.78 is 0. The predicted molar refractivity (Wildman–Crippen MR) is 60.0 cm³/mol. The van der Waals surface area contributed by atoms with Gasteiger partial charge in [0.1, 0.15) is 0 Å². The molecule has 4 nitrogen and oxygen atoms in total. The van der Waals surface area contributed by atoms with Crippen molar-refractivity contribution in [2.75, 3.05) is 26.7 Å². The van der Waals surface area contributed by atoms with Gasteiger partial charge < -0.3 is 10.0 Å². The molecule has 88 valence electrons. The van der Waals surface area contributed by atoms with Gasteiger partial charge in [-0.25, -0.2) is 0 Å². The van der Waals surface area contributed by atoms with E-state index in [1.54, 1.807) is 0 Å². The van der Waals surface area contributed by atoms with Gasteiger partial charge in [0, 0.05) is 31.6 Å². The van der Waals surface area contributed by atoms with E-state index in [-0.39, 0.29) is 6.42 Å². The molecule has 0 bridgehead atoms. The summed E-state index contributed by atoms with van der Waals surface area (Å²) in [7, 11) is 2.16. The van der Waals surface area contributed by atoms with Crippen molar-refractivity contribution in [2.24, 2.45) is 0 Å². The Hall–Kier alpha value is -0.610. The molecule has 0 aromatic carbocycles. The molecule has 0 radical (unpaired) electrons. The van der Waals surface area contributed by atoms with E-state index >= 15 is 0 Å². The van der Waals surface area contributed by atoms with Crippen molar-refractivity contribution in [3.63, 3.8) is 0 Å². The number of rotatable bonds is 4. The summed E-state index contributed by atoms with van der Waals surface area (Å²) in [6, 6.07) is 1.14. The van der Waals surface area contributed by atoms with Gasteiger partial charge in [0.2, 0.25) is 0 Å². The second kappa shape index (κ2) is 5.47. The quantitative estimate of drug-likeness (QED) is 0.754. The second-order valence-electron chi connectivity index (χ2n) is 4.62. The summed E-state index contributed by atoms with van der Waals surface area (Å²) in [5, 5.41) is 8.56. The van der Waals surface area contributed by atoms with Crippen LogP contribution in [0.25, 0.3) is 0 Å². The van der Waals surface area contributed by atoms with Gasteiger partial charge in [0.25, 0.3) is 0 Å². The van der Waals surface area contributed by atoms with Crippen LogP contribution in [-0.4, -0.2) is 59.6 Å². The molecular formula is C11H22N2O2. The zero-order valence-corrected chi connectivity index (χ0v) is 9.94. The van der Waals surface area contributed by atoms with Gasteiger partial charge in [-0.1, -0.05) is 0 Å². The van der Waals surface area contributed by atoms with Gasteiger partial charge >= 0.3 is 5.97 Å². The Balaban J connectivity index is 2.28. The highest BCUT2D eigenvalue weighted by molar-refractivity contribution is 5.66. The molecule has 0 saturated carbocycles. The van der Waals surface area contributed by atoms with Crippen molar-refractivity contribution in [1.82, 2.24) is 9.80 Å². The van der Waals surface area contributed by atoms with Crippen LogP contribution in [0, 0.1) is 0 Å². The van der Waals surface area contributed by atoms with Crippen LogP contribution in [0.2, 0.25) is 0 Å². The van der Waals surface area contributed by atoms with Crippen molar-refractivity contribution in [2.45, 2.75) is 38.8 Å². The zero-order chi connectivity index (χ0) is 11.4. The summed E-state index contributed by atoms with van der Waals surface area (Å²) in [5.74, 6) is -0.690. The van der Waals surface area contributed by atoms with Gasteiger partial charge in [0.15, 0.2) is 0 Å². The Morgan fingerprint density at radius 1 is 1.33 bits per heavy atom. The van der Waals surface area contributed by atoms with Crippen LogP contribution < -0.4 is 0 Å². The lowest BCUT2D eigenvalue weighted by Gasteiger charge is -2.42. The molecular weight excluding hydrogens is 192 g/mol. The maximum atomic E-state index is 10.4. The molecule has 4 heteroatoms. The number of nitrogens with zero attached hydrogens (tertiary/aromatic N) is 2. The lowest BCUT2D eigenvalue weighted by atomic mass is 10.1. The van der Waals surface area contributed by atoms with E-state index in [2.05, 4.69) is 30.7 Å². The van der Waals surface area contributed by atoms with Crippen LogP contribution in [0.5, 0.6) is 0 Å². The highest BCUT2D eigenvalue weighted by Crippen LogP contribution is 2.13. The number of piperazine rings is 1. The molecule has 2 unspecified atom stereocenters. The lowest BCUT2D eigenvalue weighted by molar-refractivity contribution is -0.137. The fraction of sp³-hybridized carbons (Fsp3) is 0.909. The number of carboxylic acids is 1. The number of aliphatic carboxylic acids is 1. The number of hydrogen-bond donors (Lipinski definition) is 1. The summed E-state index contributed by atoms with van der Waals surface area (Å²) in [5.41, 5.74) is 0. The van der Waals surface area contributed by atoms with E-state index in [1.165, 1.54) is 0 Å². The molecule has 0 amide bonds. The first-order chi connectivity index (χ1) is 7.00. The Morgan fingerprint density at radius 2 is 1.87 bits per heavy atom. The molecule has 1 fully saturated rings. The Labute approximate surface area is 91.9 Å². The largest absolute Gasteiger partial charge is 0.481 e. The molecule has 2 atom stereocenters. The van der Waals surface area contributed by atoms with Crippen molar-refractivity contribution in [1.29, 1.82) is 0 Å². The van der Waals surface area contributed by atoms with E-state index in [9.17, 15) is 4.79 Å². The van der Waals surface area contributed by atoms with Gasteiger partial charge in [-0.15, -0.1) is 0 Å². The van der Waals surface area contributed by atoms with E-state index in [0.29, 0.717) is 12.1 Å². The fourth-order valence-electron chi connectivity index (χ4n) is 2.15. The first-order valence-corrected chi connectivity index (χ1v) is 5.66. The molecule has 1 aliphatic heterocycles. The van der Waals surface area contributed by atoms with Gasteiger partial charge in [0.05, 0.1) is 0 Å². The third-order valence-corrected chi connectivity index (χ3v) is 3.30. The minimum absolute atomic E-state index is 0.287. The van der Waals surface area contributed by atoms with Gasteiger partial charge in [-0.05, 0) is 33.9 Å². The molecule has 15 heavy (non-hydrogen) atoms. The average Bonchev–Trinajstić information content (AvgIpc) is 2.13. The molecule has 1 saturated heterocycles. The first kappa shape index (κ1) is 12.5. The van der Waals surface area contributed by atoms with Crippen LogP contribution in [-0.2, 0) is 4.79 Å². The maximum absolute atomic E-state index is 10.4. The summed E-state index contributed by atoms with van der Waals surface area (Å²) in [6.07, 6.45) is 1.05. The van der Waals surface area contributed by atoms with Crippen LogP contribution in [0.1, 0.15) is 26.7 Å². The standard InChI is InChI=1S/C11H22N2O2/c1-9-7-13(6-4-5-11(14)15)8-10(2)12(9)3/h9-10H,4-8H2,1-3H3,(H,14,15).